The summed E-state index contributed by atoms with van der Waals surface area (Å²) in [7, 11) is 0. The fourth-order valence-electron chi connectivity index (χ4n) is 2.43. The Labute approximate surface area is 171 Å². The molecule has 0 heterocycles. The van der Waals surface area contributed by atoms with Gasteiger partial charge in [-0.15, -0.1) is 0 Å². The van der Waals surface area contributed by atoms with Crippen molar-refractivity contribution in [3.63, 3.8) is 0 Å². The Hall–Kier alpha value is -2.14. The van der Waals surface area contributed by atoms with Gasteiger partial charge in [-0.25, -0.2) is 4.39 Å². The number of phenolic OH excluding ortho intramolecular Hbond substituents is 1. The Kier molecular flexibility index (Phi) is 6.32. The van der Waals surface area contributed by atoms with Crippen LogP contribution in [-0.2, 0) is 13.2 Å². The van der Waals surface area contributed by atoms with Crippen molar-refractivity contribution >= 4 is 40.5 Å². The van der Waals surface area contributed by atoms with Gasteiger partial charge < -0.3 is 15.2 Å². The van der Waals surface area contributed by atoms with Crippen LogP contribution in [0.5, 0.6) is 11.5 Å². The van der Waals surface area contributed by atoms with Crippen LogP contribution in [0.3, 0.4) is 0 Å². The zero-order chi connectivity index (χ0) is 19.4. The van der Waals surface area contributed by atoms with Gasteiger partial charge in [0.25, 0.3) is 0 Å². The van der Waals surface area contributed by atoms with Crippen molar-refractivity contribution in [2.45, 2.75) is 13.2 Å². The fraction of sp³-hybridized carbons (Fsp3) is 0.100. The quantitative estimate of drug-likeness (QED) is 0.432. The largest absolute Gasteiger partial charge is 0.505 e. The lowest BCUT2D eigenvalue weighted by molar-refractivity contribution is 0.303. The summed E-state index contributed by atoms with van der Waals surface area (Å²) in [5, 5.41) is 13.7. The molecule has 0 aromatic heterocycles. The molecule has 7 heteroatoms. The highest BCUT2D eigenvalue weighted by molar-refractivity contribution is 6.37. The topological polar surface area (TPSA) is 41.5 Å². The summed E-state index contributed by atoms with van der Waals surface area (Å²) in [5.74, 6) is 0.198. The van der Waals surface area contributed by atoms with Gasteiger partial charge >= 0.3 is 0 Å². The van der Waals surface area contributed by atoms with Gasteiger partial charge in [0.05, 0.1) is 10.0 Å². The van der Waals surface area contributed by atoms with Crippen LogP contribution in [-0.4, -0.2) is 5.11 Å². The molecule has 140 valence electrons. The maximum Gasteiger partial charge on any atom is 0.152 e. The summed E-state index contributed by atoms with van der Waals surface area (Å²) in [5.41, 5.74) is 2.32. The second-order valence-corrected chi connectivity index (χ2v) is 7.06. The van der Waals surface area contributed by atoms with E-state index in [1.165, 1.54) is 12.1 Å². The minimum absolute atomic E-state index is 0.156. The van der Waals surface area contributed by atoms with Crippen molar-refractivity contribution in [3.05, 3.63) is 86.6 Å². The van der Waals surface area contributed by atoms with E-state index in [0.29, 0.717) is 29.6 Å². The molecule has 0 spiro atoms. The lowest BCUT2D eigenvalue weighted by Crippen LogP contribution is -2.04. The first-order valence-corrected chi connectivity index (χ1v) is 9.13. The van der Waals surface area contributed by atoms with Crippen LogP contribution in [0.4, 0.5) is 10.1 Å². The van der Waals surface area contributed by atoms with E-state index < -0.39 is 0 Å². The minimum atomic E-state index is -0.290. The summed E-state index contributed by atoms with van der Waals surface area (Å²) < 4.78 is 18.9. The number of ether oxygens (including phenoxy) is 1. The molecule has 0 aliphatic carbocycles. The van der Waals surface area contributed by atoms with E-state index in [2.05, 4.69) is 5.32 Å². The van der Waals surface area contributed by atoms with Gasteiger partial charge in [0.2, 0.25) is 0 Å². The molecular formula is C20H15Cl3FNO2. The van der Waals surface area contributed by atoms with Gasteiger partial charge in [-0.3, -0.25) is 0 Å². The minimum Gasteiger partial charge on any atom is -0.505 e. The van der Waals surface area contributed by atoms with Crippen LogP contribution in [0.2, 0.25) is 15.1 Å². The zero-order valence-corrected chi connectivity index (χ0v) is 16.2. The number of anilines is 1. The summed E-state index contributed by atoms with van der Waals surface area (Å²) in [6.07, 6.45) is 0. The number of phenols is 1. The van der Waals surface area contributed by atoms with E-state index in [0.717, 1.165) is 11.1 Å². The van der Waals surface area contributed by atoms with Crippen molar-refractivity contribution in [2.75, 3.05) is 5.32 Å². The molecule has 2 N–H and O–H groups in total. The summed E-state index contributed by atoms with van der Waals surface area (Å²) in [6, 6.07) is 14.6. The first-order chi connectivity index (χ1) is 12.9. The van der Waals surface area contributed by atoms with Crippen LogP contribution in [0.25, 0.3) is 0 Å². The van der Waals surface area contributed by atoms with Crippen molar-refractivity contribution in [3.8, 4) is 11.5 Å². The van der Waals surface area contributed by atoms with E-state index in [9.17, 15) is 9.50 Å². The van der Waals surface area contributed by atoms with Crippen LogP contribution in [0.15, 0.2) is 54.6 Å². The summed E-state index contributed by atoms with van der Waals surface area (Å²) >= 11 is 18.0. The van der Waals surface area contributed by atoms with Gasteiger partial charge in [0, 0.05) is 22.8 Å². The third-order valence-electron chi connectivity index (χ3n) is 3.83. The van der Waals surface area contributed by atoms with E-state index in [4.69, 9.17) is 39.5 Å². The van der Waals surface area contributed by atoms with Gasteiger partial charge in [-0.1, -0.05) is 46.9 Å². The van der Waals surface area contributed by atoms with Crippen LogP contribution >= 0.6 is 34.8 Å². The molecule has 0 bridgehead atoms. The molecule has 3 nitrogen and oxygen atoms in total. The first-order valence-electron chi connectivity index (χ1n) is 8.00. The molecular weight excluding hydrogens is 412 g/mol. The predicted octanol–water partition coefficient (Wildman–Crippen LogP) is 6.68. The molecule has 0 aliphatic rings. The number of benzene rings is 3. The molecule has 27 heavy (non-hydrogen) atoms. The van der Waals surface area contributed by atoms with E-state index in [-0.39, 0.29) is 21.6 Å². The van der Waals surface area contributed by atoms with Gasteiger partial charge in [-0.2, -0.15) is 0 Å². The number of hydrogen-bond donors (Lipinski definition) is 2. The molecule has 0 aliphatic heterocycles. The smallest absolute Gasteiger partial charge is 0.152 e. The van der Waals surface area contributed by atoms with E-state index in [1.54, 1.807) is 42.5 Å². The maximum absolute atomic E-state index is 13.0. The second-order valence-electron chi connectivity index (χ2n) is 5.81. The highest BCUT2D eigenvalue weighted by Gasteiger charge is 2.09. The number of hydrogen-bond acceptors (Lipinski definition) is 3. The third-order valence-corrected chi connectivity index (χ3v) is 4.64. The zero-order valence-electron chi connectivity index (χ0n) is 14.0. The molecule has 0 amide bonds. The molecule has 0 saturated heterocycles. The highest BCUT2D eigenvalue weighted by Crippen LogP contribution is 2.35. The normalized spacial score (nSPS) is 10.7. The Bertz CT molecular complexity index is 925. The van der Waals surface area contributed by atoms with E-state index in [1.807, 2.05) is 0 Å². The number of rotatable bonds is 6. The Balaban J connectivity index is 1.73. The number of aromatic hydroxyl groups is 1. The molecule has 0 unspecified atom stereocenters. The van der Waals surface area contributed by atoms with Crippen LogP contribution < -0.4 is 10.1 Å². The lowest BCUT2D eigenvalue weighted by atomic mass is 10.2. The summed E-state index contributed by atoms with van der Waals surface area (Å²) in [4.78, 5) is 0. The molecule has 0 atom stereocenters. The Morgan fingerprint density at radius 1 is 0.926 bits per heavy atom. The molecule has 3 aromatic carbocycles. The number of halogens is 4. The SMILES string of the molecule is Oc1c(Cl)cc(NCc2cc(Cl)ccc2OCc2ccc(F)cc2)cc1Cl. The van der Waals surface area contributed by atoms with Crippen molar-refractivity contribution < 1.29 is 14.2 Å². The second kappa shape index (κ2) is 8.70. The lowest BCUT2D eigenvalue weighted by Gasteiger charge is -2.14. The molecule has 3 aromatic rings. The number of nitrogens with one attached hydrogen (secondary N) is 1. The Morgan fingerprint density at radius 2 is 1.59 bits per heavy atom. The third kappa shape index (κ3) is 5.19. The fourth-order valence-corrected chi connectivity index (χ4v) is 3.12. The molecule has 0 radical (unpaired) electrons. The van der Waals surface area contributed by atoms with Gasteiger partial charge in [0.15, 0.2) is 5.75 Å². The van der Waals surface area contributed by atoms with Crippen LogP contribution in [0, 0.1) is 5.82 Å². The Morgan fingerprint density at radius 3 is 2.26 bits per heavy atom. The average molecular weight is 427 g/mol. The maximum atomic E-state index is 13.0. The van der Waals surface area contributed by atoms with Crippen molar-refractivity contribution in [1.82, 2.24) is 0 Å². The van der Waals surface area contributed by atoms with Crippen molar-refractivity contribution in [2.24, 2.45) is 0 Å². The van der Waals surface area contributed by atoms with Gasteiger partial charge in [-0.05, 0) is 48.0 Å². The summed E-state index contributed by atoms with van der Waals surface area (Å²) in [6.45, 7) is 0.697. The monoisotopic (exact) mass is 425 g/mol. The predicted molar refractivity (Wildman–Crippen MR) is 108 cm³/mol. The molecule has 3 rings (SSSR count). The molecule has 0 saturated carbocycles. The standard InChI is InChI=1S/C20H15Cl3FNO2/c21-14-3-6-19(27-11-12-1-4-15(24)5-2-12)13(7-14)10-25-16-8-17(22)20(26)18(23)9-16/h1-9,25-26H,10-11H2. The van der Waals surface area contributed by atoms with Crippen molar-refractivity contribution in [1.29, 1.82) is 0 Å². The van der Waals surface area contributed by atoms with Crippen LogP contribution in [0.1, 0.15) is 11.1 Å². The van der Waals surface area contributed by atoms with E-state index >= 15 is 0 Å². The highest BCUT2D eigenvalue weighted by atomic mass is 35.5. The molecule has 0 fully saturated rings. The average Bonchev–Trinajstić information content (AvgIpc) is 2.65. The first kappa shape index (κ1) is 19.6. The van der Waals surface area contributed by atoms with Gasteiger partial charge in [0.1, 0.15) is 18.2 Å².